The lowest BCUT2D eigenvalue weighted by Gasteiger charge is -2.13. The quantitative estimate of drug-likeness (QED) is 0.462. The number of aryl methyl sites for hydroxylation is 1. The predicted molar refractivity (Wildman–Crippen MR) is 106 cm³/mol. The molecule has 2 aromatic rings. The number of hydrazine groups is 1. The van der Waals surface area contributed by atoms with Crippen molar-refractivity contribution in [1.82, 2.24) is 21.2 Å². The lowest BCUT2D eigenvalue weighted by Crippen LogP contribution is -2.48. The molecular formula is C18H22N6O5. The third kappa shape index (κ3) is 6.90. The number of nitrogens with one attached hydrogen (secondary N) is 5. The van der Waals surface area contributed by atoms with Crippen molar-refractivity contribution in [2.45, 2.75) is 6.92 Å². The molecule has 1 aromatic carbocycles. The van der Waals surface area contributed by atoms with Gasteiger partial charge in [0.25, 0.3) is 5.91 Å². The van der Waals surface area contributed by atoms with Gasteiger partial charge in [-0.2, -0.15) is 0 Å². The maximum atomic E-state index is 12.0. The number of methoxy groups -OCH3 is 2. The van der Waals surface area contributed by atoms with Gasteiger partial charge in [-0.25, -0.2) is 20.0 Å². The van der Waals surface area contributed by atoms with Gasteiger partial charge < -0.3 is 20.1 Å². The molecule has 0 unspecified atom stereocenters. The number of hydrogen-bond donors (Lipinski definition) is 5. The molecule has 2 rings (SSSR count). The van der Waals surface area contributed by atoms with E-state index in [2.05, 4.69) is 31.8 Å². The molecule has 0 saturated heterocycles. The standard InChI is InChI=1S/C18H22N6O5/c1-11-4-7-15(19-9-11)22-17(26)20-10-16(25)23-24-18(27)21-13-8-12(28-2)5-6-14(13)29-3/h4-9H,10H2,1-3H3,(H,23,25)(H2,21,24,27)(H2,19,20,22,26). The number of nitrogens with zero attached hydrogens (tertiary/aromatic N) is 1. The number of benzene rings is 1. The van der Waals surface area contributed by atoms with E-state index in [1.54, 1.807) is 36.5 Å². The summed E-state index contributed by atoms with van der Waals surface area (Å²) in [4.78, 5) is 39.5. The number of carbonyl (C=O) groups is 3. The monoisotopic (exact) mass is 402 g/mol. The summed E-state index contributed by atoms with van der Waals surface area (Å²) in [5.41, 5.74) is 5.63. The Kier molecular flexibility index (Phi) is 7.59. The summed E-state index contributed by atoms with van der Waals surface area (Å²) in [6.45, 7) is 1.51. The molecule has 0 aliphatic heterocycles. The van der Waals surface area contributed by atoms with Crippen LogP contribution in [-0.4, -0.2) is 43.7 Å². The van der Waals surface area contributed by atoms with Crippen LogP contribution in [0, 0.1) is 6.92 Å². The van der Waals surface area contributed by atoms with Crippen molar-refractivity contribution >= 4 is 29.5 Å². The Morgan fingerprint density at radius 1 is 0.966 bits per heavy atom. The average molecular weight is 402 g/mol. The zero-order valence-electron chi connectivity index (χ0n) is 16.2. The minimum absolute atomic E-state index is 0.346. The Hall–Kier alpha value is -4.02. The van der Waals surface area contributed by atoms with E-state index >= 15 is 0 Å². The molecule has 11 heteroatoms. The number of pyridine rings is 1. The van der Waals surface area contributed by atoms with Crippen molar-refractivity contribution in [2.75, 3.05) is 31.4 Å². The number of anilines is 2. The van der Waals surface area contributed by atoms with Crippen LogP contribution in [-0.2, 0) is 4.79 Å². The fourth-order valence-electron chi connectivity index (χ4n) is 2.10. The molecule has 1 heterocycles. The summed E-state index contributed by atoms with van der Waals surface area (Å²) in [5, 5.41) is 7.34. The minimum Gasteiger partial charge on any atom is -0.497 e. The summed E-state index contributed by atoms with van der Waals surface area (Å²) in [6.07, 6.45) is 1.60. The van der Waals surface area contributed by atoms with Gasteiger partial charge in [-0.15, -0.1) is 0 Å². The van der Waals surface area contributed by atoms with Crippen LogP contribution in [0.5, 0.6) is 11.5 Å². The Bertz CT molecular complexity index is 872. The van der Waals surface area contributed by atoms with Crippen LogP contribution in [0.25, 0.3) is 0 Å². The molecule has 0 aliphatic rings. The van der Waals surface area contributed by atoms with Gasteiger partial charge in [-0.1, -0.05) is 6.07 Å². The van der Waals surface area contributed by atoms with Crippen LogP contribution in [0.3, 0.4) is 0 Å². The van der Waals surface area contributed by atoms with Crippen LogP contribution >= 0.6 is 0 Å². The molecular weight excluding hydrogens is 380 g/mol. The van der Waals surface area contributed by atoms with E-state index in [0.29, 0.717) is 23.0 Å². The average Bonchev–Trinajstić information content (AvgIpc) is 2.72. The second-order valence-electron chi connectivity index (χ2n) is 5.72. The fraction of sp³-hybridized carbons (Fsp3) is 0.222. The molecule has 29 heavy (non-hydrogen) atoms. The predicted octanol–water partition coefficient (Wildman–Crippen LogP) is 1.38. The highest BCUT2D eigenvalue weighted by atomic mass is 16.5. The maximum absolute atomic E-state index is 12.0. The highest BCUT2D eigenvalue weighted by Gasteiger charge is 2.11. The van der Waals surface area contributed by atoms with Gasteiger partial charge in [0.2, 0.25) is 0 Å². The SMILES string of the molecule is COc1ccc(OC)c(NC(=O)NNC(=O)CNC(=O)Nc2ccc(C)cn2)c1. The third-order valence-electron chi connectivity index (χ3n) is 3.53. The number of aromatic nitrogens is 1. The highest BCUT2D eigenvalue weighted by molar-refractivity contribution is 5.94. The van der Waals surface area contributed by atoms with Crippen LogP contribution < -0.4 is 36.3 Å². The first kappa shape index (κ1) is 21.3. The Morgan fingerprint density at radius 3 is 2.41 bits per heavy atom. The van der Waals surface area contributed by atoms with Gasteiger partial charge in [0.05, 0.1) is 19.9 Å². The van der Waals surface area contributed by atoms with Gasteiger partial charge in [0.1, 0.15) is 23.9 Å². The second-order valence-corrected chi connectivity index (χ2v) is 5.72. The minimum atomic E-state index is -0.710. The molecule has 154 valence electrons. The Balaban J connectivity index is 1.75. The van der Waals surface area contributed by atoms with Gasteiger partial charge in [-0.3, -0.25) is 15.5 Å². The molecule has 5 N–H and O–H groups in total. The molecule has 0 fully saturated rings. The summed E-state index contributed by atoms with van der Waals surface area (Å²) >= 11 is 0. The van der Waals surface area contributed by atoms with Gasteiger partial charge >= 0.3 is 12.1 Å². The van der Waals surface area contributed by atoms with Crippen LogP contribution in [0.1, 0.15) is 5.56 Å². The Labute approximate surface area is 167 Å². The van der Waals surface area contributed by atoms with Crippen LogP contribution in [0.2, 0.25) is 0 Å². The molecule has 0 radical (unpaired) electrons. The van der Waals surface area contributed by atoms with Crippen molar-refractivity contribution in [3.05, 3.63) is 42.1 Å². The molecule has 0 spiro atoms. The number of ether oxygens (including phenoxy) is 2. The first-order chi connectivity index (χ1) is 13.9. The topological polar surface area (TPSA) is 143 Å². The molecule has 0 atom stereocenters. The number of hydrogen-bond acceptors (Lipinski definition) is 6. The normalized spacial score (nSPS) is 9.76. The molecule has 1 aromatic heterocycles. The Morgan fingerprint density at radius 2 is 1.76 bits per heavy atom. The van der Waals surface area contributed by atoms with Crippen LogP contribution in [0.4, 0.5) is 21.1 Å². The molecule has 0 aliphatic carbocycles. The molecule has 0 bridgehead atoms. The molecule has 5 amide bonds. The van der Waals surface area contributed by atoms with Gasteiger partial charge in [0, 0.05) is 12.3 Å². The first-order valence-corrected chi connectivity index (χ1v) is 8.46. The lowest BCUT2D eigenvalue weighted by atomic mass is 10.2. The third-order valence-corrected chi connectivity index (χ3v) is 3.53. The van der Waals surface area contributed by atoms with E-state index in [0.717, 1.165) is 5.56 Å². The molecule has 11 nitrogen and oxygen atoms in total. The number of amides is 5. The largest absolute Gasteiger partial charge is 0.497 e. The lowest BCUT2D eigenvalue weighted by molar-refractivity contribution is -0.120. The van der Waals surface area contributed by atoms with Crippen LogP contribution in [0.15, 0.2) is 36.5 Å². The van der Waals surface area contributed by atoms with Gasteiger partial charge in [0.15, 0.2) is 0 Å². The van der Waals surface area contributed by atoms with Gasteiger partial charge in [-0.05, 0) is 30.7 Å². The van der Waals surface area contributed by atoms with Crippen molar-refractivity contribution in [2.24, 2.45) is 0 Å². The zero-order chi connectivity index (χ0) is 21.2. The van der Waals surface area contributed by atoms with E-state index in [9.17, 15) is 14.4 Å². The number of rotatable bonds is 6. The summed E-state index contributed by atoms with van der Waals surface area (Å²) in [6, 6.07) is 6.96. The summed E-state index contributed by atoms with van der Waals surface area (Å²) in [7, 11) is 2.94. The van der Waals surface area contributed by atoms with E-state index < -0.39 is 18.0 Å². The maximum Gasteiger partial charge on any atom is 0.338 e. The van der Waals surface area contributed by atoms with Crippen molar-refractivity contribution in [3.63, 3.8) is 0 Å². The van der Waals surface area contributed by atoms with E-state index in [4.69, 9.17) is 9.47 Å². The highest BCUT2D eigenvalue weighted by Crippen LogP contribution is 2.28. The first-order valence-electron chi connectivity index (χ1n) is 8.46. The summed E-state index contributed by atoms with van der Waals surface area (Å²) < 4.78 is 10.2. The van der Waals surface area contributed by atoms with Crippen molar-refractivity contribution in [3.8, 4) is 11.5 Å². The van der Waals surface area contributed by atoms with Crippen molar-refractivity contribution in [1.29, 1.82) is 0 Å². The van der Waals surface area contributed by atoms with E-state index in [1.807, 2.05) is 6.92 Å². The fourth-order valence-corrected chi connectivity index (χ4v) is 2.10. The summed E-state index contributed by atoms with van der Waals surface area (Å²) in [5.74, 6) is 0.641. The molecule has 0 saturated carbocycles. The van der Waals surface area contributed by atoms with E-state index in [-0.39, 0.29) is 6.54 Å². The van der Waals surface area contributed by atoms with Crippen molar-refractivity contribution < 1.29 is 23.9 Å². The van der Waals surface area contributed by atoms with E-state index in [1.165, 1.54) is 14.2 Å². The second kappa shape index (κ2) is 10.3. The zero-order valence-corrected chi connectivity index (χ0v) is 16.2. The smallest absolute Gasteiger partial charge is 0.338 e. The number of carbonyl (C=O) groups excluding carboxylic acids is 3. The number of urea groups is 2.